The molecule has 0 saturated carbocycles. The van der Waals surface area contributed by atoms with E-state index in [1.807, 2.05) is 0 Å². The van der Waals surface area contributed by atoms with Gasteiger partial charge in [0.2, 0.25) is 0 Å². The molecule has 0 aromatic heterocycles. The van der Waals surface area contributed by atoms with Gasteiger partial charge in [0.15, 0.2) is 0 Å². The fourth-order valence-electron chi connectivity index (χ4n) is 2.77. The highest BCUT2D eigenvalue weighted by Gasteiger charge is 2.34. The molecule has 0 saturated heterocycles. The molecule has 2 N–H and O–H groups in total. The SMILES string of the molecule is CC(O)CC(CCCCCCC(=O)[O-])(CC(C)O)C(=O)[O-]. The minimum atomic E-state index is -1.25. The monoisotopic (exact) mass is 302 g/mol. The van der Waals surface area contributed by atoms with Crippen molar-refractivity contribution in [3.63, 3.8) is 0 Å². The molecule has 0 aromatic rings. The molecular weight excluding hydrogens is 276 g/mol. The number of hydrogen-bond acceptors (Lipinski definition) is 6. The maximum atomic E-state index is 11.5. The van der Waals surface area contributed by atoms with Crippen molar-refractivity contribution in [2.24, 2.45) is 5.41 Å². The van der Waals surface area contributed by atoms with Crippen molar-refractivity contribution in [1.29, 1.82) is 0 Å². The molecule has 0 fully saturated rings. The lowest BCUT2D eigenvalue weighted by atomic mass is 9.74. The van der Waals surface area contributed by atoms with Gasteiger partial charge in [0.1, 0.15) is 0 Å². The Morgan fingerprint density at radius 2 is 1.43 bits per heavy atom. The van der Waals surface area contributed by atoms with E-state index < -0.39 is 29.6 Å². The van der Waals surface area contributed by atoms with E-state index >= 15 is 0 Å². The maximum Gasteiger partial charge on any atom is 0.0521 e. The average Bonchev–Trinajstić information content (AvgIpc) is 2.31. The van der Waals surface area contributed by atoms with Crippen molar-refractivity contribution in [3.8, 4) is 0 Å². The molecule has 2 atom stereocenters. The first-order valence-corrected chi connectivity index (χ1v) is 7.47. The molecule has 0 rings (SSSR count). The topological polar surface area (TPSA) is 121 Å². The van der Waals surface area contributed by atoms with E-state index in [0.717, 1.165) is 0 Å². The zero-order valence-corrected chi connectivity index (χ0v) is 12.8. The summed E-state index contributed by atoms with van der Waals surface area (Å²) < 4.78 is 0. The number of carboxylic acids is 2. The highest BCUT2D eigenvalue weighted by molar-refractivity contribution is 5.72. The van der Waals surface area contributed by atoms with Crippen LogP contribution in [-0.4, -0.2) is 34.4 Å². The van der Waals surface area contributed by atoms with Crippen LogP contribution < -0.4 is 10.2 Å². The van der Waals surface area contributed by atoms with Crippen molar-refractivity contribution in [2.45, 2.75) is 77.4 Å². The van der Waals surface area contributed by atoms with E-state index in [1.165, 1.54) is 13.8 Å². The summed E-state index contributed by atoms with van der Waals surface area (Å²) in [4.78, 5) is 21.8. The lowest BCUT2D eigenvalue weighted by molar-refractivity contribution is -0.322. The standard InChI is InChI=1S/C15H28O6/c1-11(16)9-15(14(20)21,10-12(2)17)8-6-4-3-5-7-13(18)19/h11-12,16-17H,3-10H2,1-2H3,(H,18,19)(H,20,21)/p-2. The molecule has 6 heteroatoms. The van der Waals surface area contributed by atoms with Gasteiger partial charge in [-0.25, -0.2) is 0 Å². The van der Waals surface area contributed by atoms with Gasteiger partial charge in [-0.3, -0.25) is 0 Å². The highest BCUT2D eigenvalue weighted by Crippen LogP contribution is 2.35. The normalized spacial score (nSPS) is 17.0. The fraction of sp³-hybridized carbons (Fsp3) is 0.867. The Balaban J connectivity index is 4.45. The number of carbonyl (C=O) groups is 2. The number of aliphatic carboxylic acids is 2. The quantitative estimate of drug-likeness (QED) is 0.462. The van der Waals surface area contributed by atoms with Crippen molar-refractivity contribution in [1.82, 2.24) is 0 Å². The second kappa shape index (κ2) is 9.73. The second-order valence-electron chi connectivity index (χ2n) is 5.96. The van der Waals surface area contributed by atoms with E-state index in [-0.39, 0.29) is 19.3 Å². The van der Waals surface area contributed by atoms with E-state index in [2.05, 4.69) is 0 Å². The van der Waals surface area contributed by atoms with Crippen LogP contribution in [0.5, 0.6) is 0 Å². The number of carbonyl (C=O) groups excluding carboxylic acids is 2. The highest BCUT2D eigenvalue weighted by atomic mass is 16.4. The van der Waals surface area contributed by atoms with Gasteiger partial charge in [0.25, 0.3) is 0 Å². The van der Waals surface area contributed by atoms with Crippen molar-refractivity contribution in [3.05, 3.63) is 0 Å². The molecule has 0 spiro atoms. The van der Waals surface area contributed by atoms with Crippen LogP contribution in [0.3, 0.4) is 0 Å². The van der Waals surface area contributed by atoms with Gasteiger partial charge in [-0.05, 0) is 46.0 Å². The van der Waals surface area contributed by atoms with E-state index in [0.29, 0.717) is 32.1 Å². The first-order chi connectivity index (χ1) is 9.69. The molecular formula is C15H26O6-2. The fourth-order valence-corrected chi connectivity index (χ4v) is 2.77. The number of carboxylic acid groups (broad SMARTS) is 2. The van der Waals surface area contributed by atoms with E-state index in [4.69, 9.17) is 0 Å². The molecule has 0 heterocycles. The Bertz CT molecular complexity index is 314. The minimum Gasteiger partial charge on any atom is -0.550 e. The second-order valence-corrected chi connectivity index (χ2v) is 5.96. The van der Waals surface area contributed by atoms with Crippen LogP contribution in [0.4, 0.5) is 0 Å². The van der Waals surface area contributed by atoms with Crippen LogP contribution in [0.15, 0.2) is 0 Å². The minimum absolute atomic E-state index is 0.00692. The van der Waals surface area contributed by atoms with Crippen molar-refractivity contribution >= 4 is 11.9 Å². The van der Waals surface area contributed by atoms with Crippen LogP contribution in [0.2, 0.25) is 0 Å². The van der Waals surface area contributed by atoms with Crippen molar-refractivity contribution < 1.29 is 30.0 Å². The summed E-state index contributed by atoms with van der Waals surface area (Å²) in [5.74, 6) is -2.33. The summed E-state index contributed by atoms with van der Waals surface area (Å²) in [5, 5.41) is 40.8. The Morgan fingerprint density at radius 3 is 1.81 bits per heavy atom. The number of aliphatic hydroxyl groups excluding tert-OH is 2. The summed E-state index contributed by atoms with van der Waals surface area (Å²) in [6, 6.07) is 0. The largest absolute Gasteiger partial charge is 0.550 e. The number of rotatable bonds is 12. The summed E-state index contributed by atoms with van der Waals surface area (Å²) in [5.41, 5.74) is -1.24. The van der Waals surface area contributed by atoms with Gasteiger partial charge in [-0.15, -0.1) is 0 Å². The van der Waals surface area contributed by atoms with Crippen LogP contribution in [0.1, 0.15) is 65.2 Å². The van der Waals surface area contributed by atoms with Gasteiger partial charge in [0, 0.05) is 17.4 Å². The van der Waals surface area contributed by atoms with Gasteiger partial charge < -0.3 is 30.0 Å². The molecule has 2 unspecified atom stereocenters. The maximum absolute atomic E-state index is 11.5. The molecule has 124 valence electrons. The van der Waals surface area contributed by atoms with Crippen LogP contribution in [0, 0.1) is 5.41 Å². The summed E-state index contributed by atoms with van der Waals surface area (Å²) >= 11 is 0. The molecule has 6 nitrogen and oxygen atoms in total. The Hall–Kier alpha value is -1.14. The molecule has 0 bridgehead atoms. The van der Waals surface area contributed by atoms with Crippen molar-refractivity contribution in [2.75, 3.05) is 0 Å². The molecule has 0 aliphatic rings. The first kappa shape index (κ1) is 19.9. The predicted molar refractivity (Wildman–Crippen MR) is 72.7 cm³/mol. The van der Waals surface area contributed by atoms with Gasteiger partial charge in [-0.1, -0.05) is 19.3 Å². The molecule has 21 heavy (non-hydrogen) atoms. The molecule has 0 radical (unpaired) electrons. The predicted octanol–water partition coefficient (Wildman–Crippen LogP) is -0.645. The number of hydrogen-bond donors (Lipinski definition) is 2. The van der Waals surface area contributed by atoms with Gasteiger partial charge >= 0.3 is 0 Å². The number of aliphatic hydroxyl groups is 2. The average molecular weight is 302 g/mol. The summed E-state index contributed by atoms with van der Waals surface area (Å²) in [6.45, 7) is 3.03. The zero-order chi connectivity index (χ0) is 16.5. The van der Waals surface area contributed by atoms with Crippen LogP contribution >= 0.6 is 0 Å². The lowest BCUT2D eigenvalue weighted by Crippen LogP contribution is -2.46. The van der Waals surface area contributed by atoms with Crippen LogP contribution in [0.25, 0.3) is 0 Å². The third-order valence-electron chi connectivity index (χ3n) is 3.59. The summed E-state index contributed by atoms with van der Waals surface area (Å²) in [7, 11) is 0. The summed E-state index contributed by atoms with van der Waals surface area (Å²) in [6.07, 6.45) is 1.28. The molecule has 0 amide bonds. The van der Waals surface area contributed by atoms with E-state index in [9.17, 15) is 30.0 Å². The first-order valence-electron chi connectivity index (χ1n) is 7.47. The van der Waals surface area contributed by atoms with Gasteiger partial charge in [-0.2, -0.15) is 0 Å². The Labute approximate surface area is 125 Å². The smallest absolute Gasteiger partial charge is 0.0521 e. The van der Waals surface area contributed by atoms with Crippen LogP contribution in [-0.2, 0) is 9.59 Å². The number of unbranched alkanes of at least 4 members (excludes halogenated alkanes) is 3. The zero-order valence-electron chi connectivity index (χ0n) is 12.8. The molecule has 0 aliphatic carbocycles. The Kier molecular flexibility index (Phi) is 9.21. The molecule has 0 aromatic carbocycles. The third-order valence-corrected chi connectivity index (χ3v) is 3.59. The van der Waals surface area contributed by atoms with Gasteiger partial charge in [0.05, 0.1) is 12.2 Å². The van der Waals surface area contributed by atoms with E-state index in [1.54, 1.807) is 0 Å². The lowest BCUT2D eigenvalue weighted by Gasteiger charge is -2.37. The third kappa shape index (κ3) is 8.67. The Morgan fingerprint density at radius 1 is 0.952 bits per heavy atom. The molecule has 0 aliphatic heterocycles.